The Morgan fingerprint density at radius 3 is 2.48 bits per heavy atom. The highest BCUT2D eigenvalue weighted by Gasteiger charge is 2.26. The molecule has 27 heavy (non-hydrogen) atoms. The number of nitrogens with zero attached hydrogens (tertiary/aromatic N) is 4. The number of pyridine rings is 1. The third-order valence-corrected chi connectivity index (χ3v) is 6.28. The van der Waals surface area contributed by atoms with E-state index in [1.54, 1.807) is 6.20 Å². The fraction of sp³-hybridized carbons (Fsp3) is 0.250. The van der Waals surface area contributed by atoms with Gasteiger partial charge in [0.15, 0.2) is 0 Å². The molecule has 138 valence electrons. The lowest BCUT2D eigenvalue weighted by Gasteiger charge is -2.35. The van der Waals surface area contributed by atoms with Crippen molar-refractivity contribution in [2.75, 3.05) is 31.1 Å². The van der Waals surface area contributed by atoms with Gasteiger partial charge < -0.3 is 9.80 Å². The van der Waals surface area contributed by atoms with Gasteiger partial charge in [-0.1, -0.05) is 30.3 Å². The molecule has 0 unspecified atom stereocenters. The lowest BCUT2D eigenvalue weighted by atomic mass is 10.2. The van der Waals surface area contributed by atoms with Crippen LogP contribution in [0.25, 0.3) is 10.6 Å². The largest absolute Gasteiger partial charge is 0.353 e. The zero-order valence-corrected chi connectivity index (χ0v) is 17.3. The highest BCUT2D eigenvalue weighted by Crippen LogP contribution is 2.29. The lowest BCUT2D eigenvalue weighted by molar-refractivity contribution is 0.0750. The maximum absolute atomic E-state index is 13.0. The van der Waals surface area contributed by atoms with E-state index in [1.165, 1.54) is 11.3 Å². The molecule has 0 N–H and O–H groups in total. The average Bonchev–Trinajstić information content (AvgIpc) is 3.10. The molecule has 0 aliphatic carbocycles. The van der Waals surface area contributed by atoms with Crippen LogP contribution in [-0.4, -0.2) is 47.0 Å². The molecule has 5 nitrogen and oxygen atoms in total. The monoisotopic (exact) mass is 442 g/mol. The van der Waals surface area contributed by atoms with E-state index < -0.39 is 0 Å². The van der Waals surface area contributed by atoms with Crippen LogP contribution < -0.4 is 4.90 Å². The summed E-state index contributed by atoms with van der Waals surface area (Å²) in [5.74, 6) is 1.03. The molecule has 1 fully saturated rings. The lowest BCUT2D eigenvalue weighted by Crippen LogP contribution is -2.49. The summed E-state index contributed by atoms with van der Waals surface area (Å²) in [6.45, 7) is 4.86. The third-order valence-electron chi connectivity index (χ3n) is 4.61. The second-order valence-electron chi connectivity index (χ2n) is 6.41. The van der Waals surface area contributed by atoms with Crippen molar-refractivity contribution in [1.29, 1.82) is 0 Å². The van der Waals surface area contributed by atoms with Crippen molar-refractivity contribution in [3.8, 4) is 10.6 Å². The van der Waals surface area contributed by atoms with Gasteiger partial charge in [0, 0.05) is 42.4 Å². The molecule has 3 aromatic rings. The zero-order valence-electron chi connectivity index (χ0n) is 14.9. The van der Waals surface area contributed by atoms with Gasteiger partial charge in [0.1, 0.15) is 15.7 Å². The van der Waals surface area contributed by atoms with Gasteiger partial charge in [-0.25, -0.2) is 9.97 Å². The highest BCUT2D eigenvalue weighted by atomic mass is 79.9. The Hall–Kier alpha value is -2.25. The van der Waals surface area contributed by atoms with Gasteiger partial charge in [-0.15, -0.1) is 11.3 Å². The van der Waals surface area contributed by atoms with Crippen LogP contribution >= 0.6 is 27.3 Å². The van der Waals surface area contributed by atoms with Gasteiger partial charge in [0.05, 0.1) is 5.69 Å². The minimum absolute atomic E-state index is 0.0793. The number of aromatic nitrogens is 2. The summed E-state index contributed by atoms with van der Waals surface area (Å²) in [6.07, 6.45) is 1.80. The Bertz CT molecular complexity index is 934. The Morgan fingerprint density at radius 1 is 1.07 bits per heavy atom. The summed E-state index contributed by atoms with van der Waals surface area (Å²) in [4.78, 5) is 26.9. The summed E-state index contributed by atoms with van der Waals surface area (Å²) in [5, 5.41) is 0.897. The van der Waals surface area contributed by atoms with E-state index in [2.05, 4.69) is 30.8 Å². The van der Waals surface area contributed by atoms with E-state index in [1.807, 2.05) is 54.3 Å². The molecule has 0 radical (unpaired) electrons. The molecule has 1 amide bonds. The minimum Gasteiger partial charge on any atom is -0.353 e. The normalized spacial score (nSPS) is 14.4. The number of carbonyl (C=O) groups excluding carboxylic acids is 1. The number of hydrogen-bond donors (Lipinski definition) is 0. The second-order valence-corrected chi connectivity index (χ2v) is 8.33. The maximum Gasteiger partial charge on any atom is 0.265 e. The first kappa shape index (κ1) is 18.1. The molecule has 1 aliphatic heterocycles. The number of hydrogen-bond acceptors (Lipinski definition) is 5. The number of halogens is 1. The van der Waals surface area contributed by atoms with Crippen LogP contribution in [0.3, 0.4) is 0 Å². The topological polar surface area (TPSA) is 49.3 Å². The number of benzene rings is 1. The molecule has 7 heteroatoms. The number of aryl methyl sites for hydroxylation is 1. The summed E-state index contributed by atoms with van der Waals surface area (Å²) < 4.78 is 0.968. The van der Waals surface area contributed by atoms with Crippen molar-refractivity contribution in [1.82, 2.24) is 14.9 Å². The molecule has 1 saturated heterocycles. The van der Waals surface area contributed by atoms with Crippen molar-refractivity contribution < 1.29 is 4.79 Å². The SMILES string of the molecule is Cc1nc(-c2ccccc2)sc1C(=O)N1CCN(c2ccc(Br)cn2)CC1. The minimum atomic E-state index is 0.0793. The highest BCUT2D eigenvalue weighted by molar-refractivity contribution is 9.10. The number of thiazole rings is 1. The first-order valence-corrected chi connectivity index (χ1v) is 10.4. The van der Waals surface area contributed by atoms with Crippen molar-refractivity contribution in [2.24, 2.45) is 0 Å². The molecule has 0 spiro atoms. The molecule has 1 aromatic carbocycles. The Kier molecular flexibility index (Phi) is 5.22. The number of rotatable bonds is 3. The number of carbonyl (C=O) groups is 1. The Balaban J connectivity index is 1.45. The molecule has 2 aromatic heterocycles. The molecule has 1 aliphatic rings. The van der Waals surface area contributed by atoms with Gasteiger partial charge in [0.25, 0.3) is 5.91 Å². The van der Waals surface area contributed by atoms with Crippen LogP contribution in [0.2, 0.25) is 0 Å². The fourth-order valence-electron chi connectivity index (χ4n) is 3.14. The standard InChI is InChI=1S/C20H19BrN4OS/c1-14-18(27-19(23-14)15-5-3-2-4-6-15)20(26)25-11-9-24(10-12-25)17-8-7-16(21)13-22-17/h2-8,13H,9-12H2,1H3. The predicted octanol–water partition coefficient (Wildman–Crippen LogP) is 4.24. The van der Waals surface area contributed by atoms with Crippen molar-refractivity contribution in [2.45, 2.75) is 6.92 Å². The maximum atomic E-state index is 13.0. The van der Waals surface area contributed by atoms with Gasteiger partial charge in [0.2, 0.25) is 0 Å². The van der Waals surface area contributed by atoms with E-state index >= 15 is 0 Å². The van der Waals surface area contributed by atoms with Crippen molar-refractivity contribution in [3.63, 3.8) is 0 Å². The number of amides is 1. The van der Waals surface area contributed by atoms with Gasteiger partial charge in [-0.2, -0.15) is 0 Å². The van der Waals surface area contributed by atoms with Crippen molar-refractivity contribution in [3.05, 3.63) is 63.7 Å². The summed E-state index contributed by atoms with van der Waals surface area (Å²) >= 11 is 4.89. The van der Waals surface area contributed by atoms with Crippen LogP contribution in [0.5, 0.6) is 0 Å². The average molecular weight is 443 g/mol. The Morgan fingerprint density at radius 2 is 1.81 bits per heavy atom. The van der Waals surface area contributed by atoms with E-state index in [0.29, 0.717) is 13.1 Å². The molecular weight excluding hydrogens is 424 g/mol. The van der Waals surface area contributed by atoms with Crippen LogP contribution in [0.15, 0.2) is 53.1 Å². The number of anilines is 1. The third kappa shape index (κ3) is 3.89. The molecule has 0 saturated carbocycles. The van der Waals surface area contributed by atoms with E-state index in [9.17, 15) is 4.79 Å². The number of piperazine rings is 1. The summed E-state index contributed by atoms with van der Waals surface area (Å²) in [6, 6.07) is 14.0. The van der Waals surface area contributed by atoms with E-state index in [-0.39, 0.29) is 5.91 Å². The van der Waals surface area contributed by atoms with Gasteiger partial charge >= 0.3 is 0 Å². The zero-order chi connectivity index (χ0) is 18.8. The quantitative estimate of drug-likeness (QED) is 0.608. The first-order valence-electron chi connectivity index (χ1n) is 8.80. The predicted molar refractivity (Wildman–Crippen MR) is 112 cm³/mol. The second kappa shape index (κ2) is 7.78. The molecule has 3 heterocycles. The van der Waals surface area contributed by atoms with E-state index in [4.69, 9.17) is 0 Å². The molecule has 0 atom stereocenters. The van der Waals surface area contributed by atoms with Crippen LogP contribution in [-0.2, 0) is 0 Å². The fourth-order valence-corrected chi connectivity index (χ4v) is 4.41. The smallest absolute Gasteiger partial charge is 0.265 e. The summed E-state index contributed by atoms with van der Waals surface area (Å²) in [7, 11) is 0. The first-order chi connectivity index (χ1) is 13.1. The van der Waals surface area contributed by atoms with Crippen LogP contribution in [0, 0.1) is 6.92 Å². The Labute approximate surface area is 170 Å². The molecular formula is C20H19BrN4OS. The van der Waals surface area contributed by atoms with Crippen molar-refractivity contribution >= 4 is 39.0 Å². The molecule has 0 bridgehead atoms. The van der Waals surface area contributed by atoms with Gasteiger partial charge in [-0.3, -0.25) is 4.79 Å². The summed E-state index contributed by atoms with van der Waals surface area (Å²) in [5.41, 5.74) is 1.86. The van der Waals surface area contributed by atoms with Crippen LogP contribution in [0.4, 0.5) is 5.82 Å². The molecule has 4 rings (SSSR count). The van der Waals surface area contributed by atoms with Crippen LogP contribution in [0.1, 0.15) is 15.4 Å². The van der Waals surface area contributed by atoms with E-state index in [0.717, 1.165) is 44.5 Å². The van der Waals surface area contributed by atoms with Gasteiger partial charge in [-0.05, 0) is 35.0 Å².